The van der Waals surface area contributed by atoms with Crippen LogP contribution in [-0.2, 0) is 6.42 Å². The molecule has 0 saturated heterocycles. The first-order valence-corrected chi connectivity index (χ1v) is 6.39. The van der Waals surface area contributed by atoms with Crippen molar-refractivity contribution in [2.24, 2.45) is 0 Å². The first kappa shape index (κ1) is 14.5. The Labute approximate surface area is 102 Å². The van der Waals surface area contributed by atoms with Crippen LogP contribution >= 0.6 is 15.9 Å². The largest absolute Gasteiger partial charge is 0.496 e. The molecule has 0 amide bonds. The number of rotatable bonds is 4. The summed E-state index contributed by atoms with van der Waals surface area (Å²) in [5.41, 5.74) is 1.37. The number of aryl methyl sites for hydroxylation is 1. The molecule has 1 aromatic carbocycles. The van der Waals surface area contributed by atoms with Gasteiger partial charge in [0.05, 0.1) is 11.6 Å². The molecule has 0 spiro atoms. The standard InChI is InChI=1S/C11H15BrO.C2H6/c1-3-4-5-9-6-7-11(13-2)10(12)8-9;1-2/h6-8H,3-5H2,1-2H3;1-2H3. The molecule has 1 rings (SSSR count). The SMILES string of the molecule is CC.CCCCc1ccc(OC)c(Br)c1. The number of hydrogen-bond acceptors (Lipinski definition) is 1. The van der Waals surface area contributed by atoms with Gasteiger partial charge in [0, 0.05) is 0 Å². The maximum atomic E-state index is 5.16. The maximum absolute atomic E-state index is 5.16. The van der Waals surface area contributed by atoms with Crippen molar-refractivity contribution in [3.05, 3.63) is 28.2 Å². The minimum Gasteiger partial charge on any atom is -0.496 e. The third-order valence-electron chi connectivity index (χ3n) is 2.04. The molecule has 0 heterocycles. The van der Waals surface area contributed by atoms with Crippen LogP contribution in [0.15, 0.2) is 22.7 Å². The second-order valence-electron chi connectivity index (χ2n) is 3.07. The lowest BCUT2D eigenvalue weighted by Crippen LogP contribution is -1.88. The first-order valence-electron chi connectivity index (χ1n) is 5.60. The van der Waals surface area contributed by atoms with Gasteiger partial charge in [0.15, 0.2) is 0 Å². The predicted octanol–water partition coefficient (Wildman–Crippen LogP) is 4.83. The smallest absolute Gasteiger partial charge is 0.133 e. The molecular weight excluding hydrogens is 252 g/mol. The van der Waals surface area contributed by atoms with E-state index >= 15 is 0 Å². The zero-order valence-corrected chi connectivity index (χ0v) is 11.7. The van der Waals surface area contributed by atoms with Crippen LogP contribution in [-0.4, -0.2) is 7.11 Å². The summed E-state index contributed by atoms with van der Waals surface area (Å²) in [6.45, 7) is 6.21. The zero-order chi connectivity index (χ0) is 11.7. The van der Waals surface area contributed by atoms with E-state index in [1.165, 1.54) is 18.4 Å². The number of halogens is 1. The minimum absolute atomic E-state index is 0.903. The van der Waals surface area contributed by atoms with Crippen LogP contribution in [0.4, 0.5) is 0 Å². The average Bonchev–Trinajstić information content (AvgIpc) is 2.29. The molecule has 0 bridgehead atoms. The maximum Gasteiger partial charge on any atom is 0.133 e. The molecule has 0 radical (unpaired) electrons. The summed E-state index contributed by atoms with van der Waals surface area (Å²) < 4.78 is 6.20. The summed E-state index contributed by atoms with van der Waals surface area (Å²) >= 11 is 3.47. The molecule has 0 aromatic heterocycles. The predicted molar refractivity (Wildman–Crippen MR) is 70.7 cm³/mol. The van der Waals surface area contributed by atoms with Gasteiger partial charge in [0.25, 0.3) is 0 Å². The van der Waals surface area contributed by atoms with E-state index in [2.05, 4.69) is 35.0 Å². The van der Waals surface area contributed by atoms with Gasteiger partial charge in [-0.05, 0) is 46.5 Å². The van der Waals surface area contributed by atoms with Crippen molar-refractivity contribution in [1.29, 1.82) is 0 Å². The van der Waals surface area contributed by atoms with Gasteiger partial charge in [0.2, 0.25) is 0 Å². The second kappa shape index (κ2) is 8.78. The Kier molecular flexibility index (Phi) is 8.49. The van der Waals surface area contributed by atoms with Crippen LogP contribution in [0.2, 0.25) is 0 Å². The van der Waals surface area contributed by atoms with E-state index < -0.39 is 0 Å². The van der Waals surface area contributed by atoms with E-state index in [1.54, 1.807) is 7.11 Å². The molecular formula is C13H21BrO. The summed E-state index contributed by atoms with van der Waals surface area (Å²) in [4.78, 5) is 0. The first-order chi connectivity index (χ1) is 7.27. The highest BCUT2D eigenvalue weighted by Gasteiger charge is 2.00. The van der Waals surface area contributed by atoms with Crippen LogP contribution in [0.3, 0.4) is 0 Å². The Balaban J connectivity index is 0.000000921. The fraction of sp³-hybridized carbons (Fsp3) is 0.538. The van der Waals surface area contributed by atoms with Crippen LogP contribution in [0.1, 0.15) is 39.2 Å². The lowest BCUT2D eigenvalue weighted by molar-refractivity contribution is 0.412. The molecule has 0 N–H and O–H groups in total. The minimum atomic E-state index is 0.903. The van der Waals surface area contributed by atoms with Crippen molar-refractivity contribution >= 4 is 15.9 Å². The Bertz CT molecular complexity index is 271. The number of benzene rings is 1. The van der Waals surface area contributed by atoms with Gasteiger partial charge in [0.1, 0.15) is 5.75 Å². The van der Waals surface area contributed by atoms with Gasteiger partial charge >= 0.3 is 0 Å². The Morgan fingerprint density at radius 1 is 1.27 bits per heavy atom. The summed E-state index contributed by atoms with van der Waals surface area (Å²) in [5, 5.41) is 0. The van der Waals surface area contributed by atoms with Crippen molar-refractivity contribution in [2.75, 3.05) is 7.11 Å². The number of methoxy groups -OCH3 is 1. The summed E-state index contributed by atoms with van der Waals surface area (Å²) in [7, 11) is 1.69. The van der Waals surface area contributed by atoms with E-state index in [-0.39, 0.29) is 0 Å². The van der Waals surface area contributed by atoms with E-state index in [0.717, 1.165) is 16.6 Å². The van der Waals surface area contributed by atoms with E-state index in [0.29, 0.717) is 0 Å². The van der Waals surface area contributed by atoms with Gasteiger partial charge in [-0.1, -0.05) is 33.3 Å². The number of unbranched alkanes of at least 4 members (excludes halogenated alkanes) is 1. The van der Waals surface area contributed by atoms with Gasteiger partial charge in [-0.2, -0.15) is 0 Å². The van der Waals surface area contributed by atoms with Crippen LogP contribution < -0.4 is 4.74 Å². The molecule has 0 saturated carbocycles. The lowest BCUT2D eigenvalue weighted by atomic mass is 10.1. The normalized spacial score (nSPS) is 9.13. The molecule has 1 aromatic rings. The fourth-order valence-corrected chi connectivity index (χ4v) is 1.83. The Morgan fingerprint density at radius 3 is 2.40 bits per heavy atom. The van der Waals surface area contributed by atoms with Crippen LogP contribution in [0.5, 0.6) is 5.75 Å². The lowest BCUT2D eigenvalue weighted by Gasteiger charge is -2.05. The molecule has 0 atom stereocenters. The summed E-state index contributed by atoms with van der Waals surface area (Å²) in [6, 6.07) is 6.27. The molecule has 0 unspecified atom stereocenters. The van der Waals surface area contributed by atoms with Crippen molar-refractivity contribution in [2.45, 2.75) is 40.0 Å². The molecule has 0 aliphatic carbocycles. The number of hydrogen-bond donors (Lipinski definition) is 0. The molecule has 0 aliphatic heterocycles. The van der Waals surface area contributed by atoms with Crippen molar-refractivity contribution in [3.63, 3.8) is 0 Å². The highest BCUT2D eigenvalue weighted by atomic mass is 79.9. The molecule has 86 valence electrons. The van der Waals surface area contributed by atoms with Crippen LogP contribution in [0.25, 0.3) is 0 Å². The molecule has 2 heteroatoms. The van der Waals surface area contributed by atoms with Crippen molar-refractivity contribution < 1.29 is 4.74 Å². The van der Waals surface area contributed by atoms with E-state index in [1.807, 2.05) is 19.9 Å². The Morgan fingerprint density at radius 2 is 1.93 bits per heavy atom. The van der Waals surface area contributed by atoms with E-state index in [4.69, 9.17) is 4.74 Å². The fourth-order valence-electron chi connectivity index (χ4n) is 1.25. The molecule has 0 aliphatic rings. The molecule has 0 fully saturated rings. The van der Waals surface area contributed by atoms with Gasteiger partial charge in [-0.3, -0.25) is 0 Å². The van der Waals surface area contributed by atoms with Crippen molar-refractivity contribution in [3.8, 4) is 5.75 Å². The zero-order valence-electron chi connectivity index (χ0n) is 10.1. The Hall–Kier alpha value is -0.500. The monoisotopic (exact) mass is 272 g/mol. The summed E-state index contributed by atoms with van der Waals surface area (Å²) in [5.74, 6) is 0.903. The average molecular weight is 273 g/mol. The number of ether oxygens (including phenoxy) is 1. The quantitative estimate of drug-likeness (QED) is 0.763. The third kappa shape index (κ3) is 5.22. The van der Waals surface area contributed by atoms with Gasteiger partial charge < -0.3 is 4.74 Å². The second-order valence-corrected chi connectivity index (χ2v) is 3.93. The van der Waals surface area contributed by atoms with Gasteiger partial charge in [-0.25, -0.2) is 0 Å². The highest BCUT2D eigenvalue weighted by molar-refractivity contribution is 9.10. The van der Waals surface area contributed by atoms with Crippen LogP contribution in [0, 0.1) is 0 Å². The van der Waals surface area contributed by atoms with Gasteiger partial charge in [-0.15, -0.1) is 0 Å². The topological polar surface area (TPSA) is 9.23 Å². The van der Waals surface area contributed by atoms with E-state index in [9.17, 15) is 0 Å². The molecule has 1 nitrogen and oxygen atoms in total. The van der Waals surface area contributed by atoms with Crippen molar-refractivity contribution in [1.82, 2.24) is 0 Å². The summed E-state index contributed by atoms with van der Waals surface area (Å²) in [6.07, 6.45) is 3.64. The molecule has 15 heavy (non-hydrogen) atoms. The highest BCUT2D eigenvalue weighted by Crippen LogP contribution is 2.25. The third-order valence-corrected chi connectivity index (χ3v) is 2.65.